The van der Waals surface area contributed by atoms with Gasteiger partial charge in [0.05, 0.1) is 0 Å². The fourth-order valence-electron chi connectivity index (χ4n) is 4.33. The second-order valence-corrected chi connectivity index (χ2v) is 6.65. The summed E-state index contributed by atoms with van der Waals surface area (Å²) in [4.78, 5) is 5.61. The lowest BCUT2D eigenvalue weighted by Gasteiger charge is -2.54. The van der Waals surface area contributed by atoms with E-state index < -0.39 is 0 Å². The lowest BCUT2D eigenvalue weighted by atomic mass is 9.77. The molecule has 2 heterocycles. The summed E-state index contributed by atoms with van der Waals surface area (Å²) in [6.07, 6.45) is 7.18. The predicted molar refractivity (Wildman–Crippen MR) is 75.8 cm³/mol. The molecule has 1 aliphatic carbocycles. The highest BCUT2D eigenvalue weighted by Gasteiger charge is 2.41. The largest absolute Gasteiger partial charge is 0.319 e. The van der Waals surface area contributed by atoms with Crippen molar-refractivity contribution < 1.29 is 0 Å². The number of hydrogen-bond donors (Lipinski definition) is 1. The Hall–Kier alpha value is -0.120. The Bertz CT molecular complexity index is 281. The Balaban J connectivity index is 1.62. The number of rotatable bonds is 3. The van der Waals surface area contributed by atoms with E-state index in [0.717, 1.165) is 24.0 Å². The van der Waals surface area contributed by atoms with Crippen LogP contribution >= 0.6 is 0 Å². The van der Waals surface area contributed by atoms with Crippen LogP contribution in [0.2, 0.25) is 0 Å². The molecule has 0 aromatic rings. The molecule has 2 aliphatic heterocycles. The normalized spacial score (nSPS) is 42.3. The van der Waals surface area contributed by atoms with Crippen molar-refractivity contribution >= 4 is 0 Å². The molecule has 2 saturated heterocycles. The van der Waals surface area contributed by atoms with Crippen LogP contribution in [0, 0.1) is 5.92 Å². The van der Waals surface area contributed by atoms with Crippen molar-refractivity contribution in [1.29, 1.82) is 0 Å². The molecule has 0 radical (unpaired) electrons. The van der Waals surface area contributed by atoms with Crippen LogP contribution in [0.15, 0.2) is 0 Å². The van der Waals surface area contributed by atoms with E-state index in [9.17, 15) is 0 Å². The molecule has 0 aromatic carbocycles. The van der Waals surface area contributed by atoms with Crippen LogP contribution in [0.4, 0.5) is 0 Å². The average molecular weight is 251 g/mol. The van der Waals surface area contributed by atoms with E-state index in [4.69, 9.17) is 0 Å². The second kappa shape index (κ2) is 5.48. The standard InChI is InChI=1S/C15H29N3/c1-12-10-17-8-4-3-5-14(17)11-18(12)15-7-6-13(15)9-16-2/h12-16H,3-11H2,1-2H3. The average Bonchev–Trinajstić information content (AvgIpc) is 2.35. The van der Waals surface area contributed by atoms with Crippen LogP contribution in [0.25, 0.3) is 0 Å². The first-order chi connectivity index (χ1) is 8.79. The van der Waals surface area contributed by atoms with E-state index in [1.165, 1.54) is 58.3 Å². The number of piperazine rings is 1. The summed E-state index contributed by atoms with van der Waals surface area (Å²) >= 11 is 0. The summed E-state index contributed by atoms with van der Waals surface area (Å²) in [5, 5.41) is 3.37. The molecule has 1 N–H and O–H groups in total. The van der Waals surface area contributed by atoms with Gasteiger partial charge in [0.1, 0.15) is 0 Å². The first-order valence-electron chi connectivity index (χ1n) is 7.94. The van der Waals surface area contributed by atoms with Gasteiger partial charge in [-0.05, 0) is 58.7 Å². The van der Waals surface area contributed by atoms with E-state index in [1.54, 1.807) is 0 Å². The van der Waals surface area contributed by atoms with Gasteiger partial charge in [0.25, 0.3) is 0 Å². The molecule has 1 saturated carbocycles. The van der Waals surface area contributed by atoms with Crippen LogP contribution in [-0.2, 0) is 0 Å². The molecular formula is C15H29N3. The van der Waals surface area contributed by atoms with Crippen molar-refractivity contribution in [2.24, 2.45) is 5.92 Å². The van der Waals surface area contributed by atoms with Gasteiger partial charge in [0.2, 0.25) is 0 Å². The van der Waals surface area contributed by atoms with Crippen LogP contribution in [0.3, 0.4) is 0 Å². The molecule has 3 rings (SSSR count). The van der Waals surface area contributed by atoms with Gasteiger partial charge < -0.3 is 5.32 Å². The Morgan fingerprint density at radius 3 is 2.72 bits per heavy atom. The summed E-state index contributed by atoms with van der Waals surface area (Å²) in [5.74, 6) is 0.910. The first-order valence-corrected chi connectivity index (χ1v) is 7.94. The highest BCUT2D eigenvalue weighted by Crippen LogP contribution is 2.36. The molecular weight excluding hydrogens is 222 g/mol. The maximum atomic E-state index is 3.37. The van der Waals surface area contributed by atoms with Crippen molar-refractivity contribution in [3.8, 4) is 0 Å². The van der Waals surface area contributed by atoms with Crippen LogP contribution in [0.1, 0.15) is 39.0 Å². The second-order valence-electron chi connectivity index (χ2n) is 6.65. The Labute approximate surface area is 112 Å². The summed E-state index contributed by atoms with van der Waals surface area (Å²) < 4.78 is 0. The Morgan fingerprint density at radius 1 is 1.11 bits per heavy atom. The molecule has 3 heteroatoms. The molecule has 3 nitrogen and oxygen atoms in total. The van der Waals surface area contributed by atoms with Crippen molar-refractivity contribution in [3.05, 3.63) is 0 Å². The minimum atomic E-state index is 0.768. The van der Waals surface area contributed by atoms with E-state index in [-0.39, 0.29) is 0 Å². The molecule has 3 aliphatic rings. The third-order valence-corrected chi connectivity index (χ3v) is 5.51. The van der Waals surface area contributed by atoms with Gasteiger partial charge >= 0.3 is 0 Å². The third-order valence-electron chi connectivity index (χ3n) is 5.51. The quantitative estimate of drug-likeness (QED) is 0.821. The van der Waals surface area contributed by atoms with Crippen molar-refractivity contribution in [2.75, 3.05) is 33.2 Å². The zero-order valence-electron chi connectivity index (χ0n) is 12.1. The van der Waals surface area contributed by atoms with E-state index in [2.05, 4.69) is 29.1 Å². The molecule has 0 bridgehead atoms. The maximum Gasteiger partial charge on any atom is 0.0224 e. The van der Waals surface area contributed by atoms with Crippen LogP contribution < -0.4 is 5.32 Å². The lowest BCUT2D eigenvalue weighted by Crippen LogP contribution is -2.64. The zero-order valence-corrected chi connectivity index (χ0v) is 12.1. The van der Waals surface area contributed by atoms with Gasteiger partial charge in [-0.25, -0.2) is 0 Å². The van der Waals surface area contributed by atoms with Crippen LogP contribution in [-0.4, -0.2) is 61.2 Å². The van der Waals surface area contributed by atoms with Crippen molar-refractivity contribution in [2.45, 2.75) is 57.2 Å². The third kappa shape index (κ3) is 2.33. The number of nitrogens with one attached hydrogen (secondary N) is 1. The fraction of sp³-hybridized carbons (Fsp3) is 1.00. The van der Waals surface area contributed by atoms with Crippen molar-refractivity contribution in [1.82, 2.24) is 15.1 Å². The maximum absolute atomic E-state index is 3.37. The number of piperidine rings is 1. The smallest absolute Gasteiger partial charge is 0.0224 e. The van der Waals surface area contributed by atoms with Gasteiger partial charge in [0, 0.05) is 31.2 Å². The zero-order chi connectivity index (χ0) is 12.5. The molecule has 0 amide bonds. The molecule has 4 unspecified atom stereocenters. The predicted octanol–water partition coefficient (Wildman–Crippen LogP) is 1.54. The summed E-state index contributed by atoms with van der Waals surface area (Å²) in [6.45, 7) is 7.66. The van der Waals surface area contributed by atoms with Gasteiger partial charge in [-0.15, -0.1) is 0 Å². The summed E-state index contributed by atoms with van der Waals surface area (Å²) in [5.41, 5.74) is 0. The van der Waals surface area contributed by atoms with Crippen molar-refractivity contribution in [3.63, 3.8) is 0 Å². The highest BCUT2D eigenvalue weighted by molar-refractivity contribution is 4.97. The molecule has 3 fully saturated rings. The van der Waals surface area contributed by atoms with Gasteiger partial charge in [-0.2, -0.15) is 0 Å². The van der Waals surface area contributed by atoms with Gasteiger partial charge in [-0.3, -0.25) is 9.80 Å². The minimum absolute atomic E-state index is 0.768. The summed E-state index contributed by atoms with van der Waals surface area (Å²) in [6, 6.07) is 2.51. The van der Waals surface area contributed by atoms with E-state index in [0.29, 0.717) is 0 Å². The van der Waals surface area contributed by atoms with Gasteiger partial charge in [-0.1, -0.05) is 6.42 Å². The number of hydrogen-bond acceptors (Lipinski definition) is 3. The van der Waals surface area contributed by atoms with Crippen LogP contribution in [0.5, 0.6) is 0 Å². The highest BCUT2D eigenvalue weighted by atomic mass is 15.3. The summed E-state index contributed by atoms with van der Waals surface area (Å²) in [7, 11) is 2.10. The van der Waals surface area contributed by atoms with E-state index >= 15 is 0 Å². The number of fused-ring (bicyclic) bond motifs is 1. The monoisotopic (exact) mass is 251 g/mol. The fourth-order valence-corrected chi connectivity index (χ4v) is 4.33. The molecule has 104 valence electrons. The van der Waals surface area contributed by atoms with Gasteiger partial charge in [0.15, 0.2) is 0 Å². The SMILES string of the molecule is CNCC1CCC1N1CC2CCCCN2CC1C. The lowest BCUT2D eigenvalue weighted by molar-refractivity contribution is -0.0482. The molecule has 18 heavy (non-hydrogen) atoms. The first kappa shape index (κ1) is 12.9. The molecule has 0 spiro atoms. The van der Waals surface area contributed by atoms with E-state index in [1.807, 2.05) is 0 Å². The molecule has 4 atom stereocenters. The molecule has 0 aromatic heterocycles. The minimum Gasteiger partial charge on any atom is -0.319 e. The Kier molecular flexibility index (Phi) is 3.92. The number of nitrogens with zero attached hydrogens (tertiary/aromatic N) is 2. The Morgan fingerprint density at radius 2 is 2.00 bits per heavy atom. The topological polar surface area (TPSA) is 18.5 Å².